The first-order chi connectivity index (χ1) is 9.60. The lowest BCUT2D eigenvalue weighted by Gasteiger charge is -2.19. The fourth-order valence-electron chi connectivity index (χ4n) is 2.57. The molecule has 0 aliphatic carbocycles. The summed E-state index contributed by atoms with van der Waals surface area (Å²) in [5.41, 5.74) is 5.89. The van der Waals surface area contributed by atoms with Gasteiger partial charge < -0.3 is 0 Å². The van der Waals surface area contributed by atoms with Crippen LogP contribution in [0.5, 0.6) is 0 Å². The molecule has 0 N–H and O–H groups in total. The second-order valence-electron chi connectivity index (χ2n) is 4.89. The molecule has 1 aromatic carbocycles. The zero-order valence-corrected chi connectivity index (χ0v) is 16.2. The van der Waals surface area contributed by atoms with E-state index < -0.39 is 0 Å². The molecule has 0 saturated heterocycles. The SMILES string of the molecule is CCc1cc(CC)c(C(Br)c2ccc(Br)s2)c(CC)c1. The summed E-state index contributed by atoms with van der Waals surface area (Å²) in [7, 11) is 0. The third-order valence-corrected chi connectivity index (χ3v) is 6.62. The first-order valence-corrected chi connectivity index (χ1v) is 9.67. The maximum Gasteiger partial charge on any atom is 0.0743 e. The van der Waals surface area contributed by atoms with Gasteiger partial charge in [0.25, 0.3) is 0 Å². The molecule has 2 rings (SSSR count). The Morgan fingerprint density at radius 1 is 1.00 bits per heavy atom. The van der Waals surface area contributed by atoms with Crippen LogP contribution >= 0.6 is 43.2 Å². The van der Waals surface area contributed by atoms with E-state index in [0.29, 0.717) is 4.83 Å². The molecule has 0 bridgehead atoms. The number of aryl methyl sites for hydroxylation is 3. The summed E-state index contributed by atoms with van der Waals surface area (Å²) in [5, 5.41) is 0. The Kier molecular flexibility index (Phi) is 5.88. The monoisotopic (exact) mass is 414 g/mol. The van der Waals surface area contributed by atoms with E-state index >= 15 is 0 Å². The highest BCUT2D eigenvalue weighted by molar-refractivity contribution is 9.11. The lowest BCUT2D eigenvalue weighted by Crippen LogP contribution is -2.04. The molecule has 0 amide bonds. The number of alkyl halides is 1. The Balaban J connectivity index is 2.53. The topological polar surface area (TPSA) is 0 Å². The van der Waals surface area contributed by atoms with Gasteiger partial charge in [-0.3, -0.25) is 0 Å². The highest BCUT2D eigenvalue weighted by Gasteiger charge is 2.19. The van der Waals surface area contributed by atoms with E-state index in [2.05, 4.69) is 76.9 Å². The molecule has 0 aliphatic heterocycles. The summed E-state index contributed by atoms with van der Waals surface area (Å²) in [6, 6.07) is 9.10. The molecule has 2 aromatic rings. The molecule has 0 radical (unpaired) electrons. The Morgan fingerprint density at radius 2 is 1.60 bits per heavy atom. The summed E-state index contributed by atoms with van der Waals surface area (Å²) in [6.45, 7) is 6.74. The van der Waals surface area contributed by atoms with Crippen molar-refractivity contribution in [3.05, 3.63) is 55.2 Å². The Bertz CT molecular complexity index is 561. The van der Waals surface area contributed by atoms with Crippen molar-refractivity contribution in [1.82, 2.24) is 0 Å². The maximum absolute atomic E-state index is 3.93. The van der Waals surface area contributed by atoms with Crippen molar-refractivity contribution in [2.75, 3.05) is 0 Å². The molecule has 1 unspecified atom stereocenters. The molecule has 0 spiro atoms. The zero-order valence-electron chi connectivity index (χ0n) is 12.2. The number of hydrogen-bond donors (Lipinski definition) is 0. The lowest BCUT2D eigenvalue weighted by atomic mass is 9.91. The first kappa shape index (κ1) is 16.3. The molecule has 0 saturated carbocycles. The van der Waals surface area contributed by atoms with Gasteiger partial charge in [0, 0.05) is 4.88 Å². The maximum atomic E-state index is 3.93. The fraction of sp³-hybridized carbons (Fsp3) is 0.412. The van der Waals surface area contributed by atoms with Crippen LogP contribution < -0.4 is 0 Å². The number of rotatable bonds is 5. The molecular formula is C17H20Br2S. The van der Waals surface area contributed by atoms with Crippen LogP contribution in [0.1, 0.15) is 52.7 Å². The summed E-state index contributed by atoms with van der Waals surface area (Å²) in [5.74, 6) is 0. The van der Waals surface area contributed by atoms with Gasteiger partial charge in [-0.15, -0.1) is 11.3 Å². The standard InChI is InChI=1S/C17H20Br2S/c1-4-11-9-12(5-2)16(13(6-3)10-11)17(19)14-7-8-15(18)20-14/h7-10,17H,4-6H2,1-3H3. The van der Waals surface area contributed by atoms with E-state index in [4.69, 9.17) is 0 Å². The highest BCUT2D eigenvalue weighted by atomic mass is 79.9. The normalized spacial score (nSPS) is 12.7. The molecule has 0 aliphatic rings. The Hall–Kier alpha value is -0.120. The summed E-state index contributed by atoms with van der Waals surface area (Å²) in [4.78, 5) is 1.67. The summed E-state index contributed by atoms with van der Waals surface area (Å²) >= 11 is 9.30. The predicted octanol–water partition coefficient (Wildman–Crippen LogP) is 6.68. The van der Waals surface area contributed by atoms with E-state index in [1.165, 1.54) is 30.9 Å². The van der Waals surface area contributed by atoms with Crippen LogP contribution in [0.4, 0.5) is 0 Å². The molecule has 0 nitrogen and oxygen atoms in total. The minimum Gasteiger partial charge on any atom is -0.132 e. The predicted molar refractivity (Wildman–Crippen MR) is 97.4 cm³/mol. The van der Waals surface area contributed by atoms with Gasteiger partial charge in [-0.2, -0.15) is 0 Å². The van der Waals surface area contributed by atoms with Gasteiger partial charge >= 0.3 is 0 Å². The van der Waals surface area contributed by atoms with E-state index in [9.17, 15) is 0 Å². The van der Waals surface area contributed by atoms with Gasteiger partial charge in [0.2, 0.25) is 0 Å². The average molecular weight is 416 g/mol. The Morgan fingerprint density at radius 3 is 2.00 bits per heavy atom. The van der Waals surface area contributed by atoms with Crippen molar-refractivity contribution >= 4 is 43.2 Å². The van der Waals surface area contributed by atoms with Crippen molar-refractivity contribution in [2.45, 2.75) is 44.9 Å². The second-order valence-corrected chi connectivity index (χ2v) is 8.30. The quantitative estimate of drug-likeness (QED) is 0.477. The third-order valence-electron chi connectivity index (χ3n) is 3.68. The van der Waals surface area contributed by atoms with Gasteiger partial charge in [0.15, 0.2) is 0 Å². The van der Waals surface area contributed by atoms with Gasteiger partial charge in [0.1, 0.15) is 0 Å². The van der Waals surface area contributed by atoms with Crippen LogP contribution in [0.15, 0.2) is 28.1 Å². The highest BCUT2D eigenvalue weighted by Crippen LogP contribution is 2.40. The van der Waals surface area contributed by atoms with E-state index in [1.807, 2.05) is 11.3 Å². The number of hydrogen-bond acceptors (Lipinski definition) is 1. The van der Waals surface area contributed by atoms with Crippen LogP contribution in [0.2, 0.25) is 0 Å². The van der Waals surface area contributed by atoms with Crippen molar-refractivity contribution in [2.24, 2.45) is 0 Å². The fourth-order valence-corrected chi connectivity index (χ4v) is 5.01. The van der Waals surface area contributed by atoms with E-state index in [-0.39, 0.29) is 0 Å². The van der Waals surface area contributed by atoms with Crippen molar-refractivity contribution in [1.29, 1.82) is 0 Å². The minimum atomic E-state index is 0.301. The van der Waals surface area contributed by atoms with Crippen LogP contribution in [0.3, 0.4) is 0 Å². The summed E-state index contributed by atoms with van der Waals surface area (Å²) < 4.78 is 1.19. The molecule has 1 heterocycles. The zero-order chi connectivity index (χ0) is 14.7. The molecule has 1 aromatic heterocycles. The van der Waals surface area contributed by atoms with Gasteiger partial charge in [-0.1, -0.05) is 48.8 Å². The molecule has 0 fully saturated rings. The largest absolute Gasteiger partial charge is 0.132 e. The average Bonchev–Trinajstić information content (AvgIpc) is 2.91. The molecule has 108 valence electrons. The number of thiophene rings is 1. The third kappa shape index (κ3) is 3.37. The summed E-state index contributed by atoms with van der Waals surface area (Å²) in [6.07, 6.45) is 3.29. The Labute approximate surface area is 142 Å². The molecule has 3 heteroatoms. The van der Waals surface area contributed by atoms with Crippen LogP contribution in [-0.4, -0.2) is 0 Å². The van der Waals surface area contributed by atoms with Crippen LogP contribution in [-0.2, 0) is 19.3 Å². The smallest absolute Gasteiger partial charge is 0.0743 e. The lowest BCUT2D eigenvalue weighted by molar-refractivity contribution is 0.981. The van der Waals surface area contributed by atoms with Crippen LogP contribution in [0.25, 0.3) is 0 Å². The van der Waals surface area contributed by atoms with E-state index in [0.717, 1.165) is 19.3 Å². The van der Waals surface area contributed by atoms with Gasteiger partial charge in [-0.05, 0) is 69.6 Å². The van der Waals surface area contributed by atoms with Gasteiger partial charge in [-0.25, -0.2) is 0 Å². The first-order valence-electron chi connectivity index (χ1n) is 7.14. The van der Waals surface area contributed by atoms with E-state index in [1.54, 1.807) is 0 Å². The number of halogens is 2. The second kappa shape index (κ2) is 7.24. The molecular weight excluding hydrogens is 396 g/mol. The van der Waals surface area contributed by atoms with Crippen molar-refractivity contribution in [3.8, 4) is 0 Å². The minimum absolute atomic E-state index is 0.301. The van der Waals surface area contributed by atoms with Crippen LogP contribution in [0, 0.1) is 0 Å². The molecule has 20 heavy (non-hydrogen) atoms. The van der Waals surface area contributed by atoms with Gasteiger partial charge in [0.05, 0.1) is 8.61 Å². The molecule has 1 atom stereocenters. The van der Waals surface area contributed by atoms with Crippen molar-refractivity contribution < 1.29 is 0 Å². The van der Waals surface area contributed by atoms with Crippen molar-refractivity contribution in [3.63, 3.8) is 0 Å². The number of benzene rings is 1.